The Kier molecular flexibility index (Phi) is 4.54. The Labute approximate surface area is 85.1 Å². The molecule has 3 N–H and O–H groups in total. The molecule has 0 fully saturated rings. The van der Waals surface area contributed by atoms with E-state index >= 15 is 0 Å². The van der Waals surface area contributed by atoms with Crippen LogP contribution in [0.15, 0.2) is 0 Å². The Bertz CT molecular complexity index is 296. The van der Waals surface area contributed by atoms with Crippen molar-refractivity contribution in [2.24, 2.45) is 11.1 Å². The van der Waals surface area contributed by atoms with E-state index in [1.165, 1.54) is 0 Å². The second-order valence-corrected chi connectivity index (χ2v) is 5.81. The molecule has 0 heterocycles. The Morgan fingerprint density at radius 1 is 1.43 bits per heavy atom. The van der Waals surface area contributed by atoms with E-state index in [0.717, 1.165) is 0 Å². The molecule has 0 aliphatic carbocycles. The average Bonchev–Trinajstić information content (AvgIpc) is 2.01. The SMILES string of the molecule is CCCS(=O)(=O)NCC(C)(C)C(N)=O. The molecule has 0 aromatic heterocycles. The van der Waals surface area contributed by atoms with Crippen molar-refractivity contribution in [3.63, 3.8) is 0 Å². The zero-order valence-corrected chi connectivity index (χ0v) is 9.65. The second kappa shape index (κ2) is 4.75. The van der Waals surface area contributed by atoms with Crippen LogP contribution in [0.5, 0.6) is 0 Å². The normalized spacial score (nSPS) is 12.8. The van der Waals surface area contributed by atoms with Gasteiger partial charge in [-0.1, -0.05) is 6.92 Å². The van der Waals surface area contributed by atoms with Gasteiger partial charge in [0.1, 0.15) is 0 Å². The first-order chi connectivity index (χ1) is 6.21. The maximum Gasteiger partial charge on any atom is 0.224 e. The summed E-state index contributed by atoms with van der Waals surface area (Å²) in [5.41, 5.74) is 4.25. The highest BCUT2D eigenvalue weighted by Gasteiger charge is 2.26. The summed E-state index contributed by atoms with van der Waals surface area (Å²) in [5.74, 6) is -0.446. The van der Waals surface area contributed by atoms with Gasteiger partial charge in [0.15, 0.2) is 0 Å². The van der Waals surface area contributed by atoms with Gasteiger partial charge in [0.2, 0.25) is 15.9 Å². The molecular weight excluding hydrogens is 204 g/mol. The largest absolute Gasteiger partial charge is 0.369 e. The van der Waals surface area contributed by atoms with Gasteiger partial charge in [-0.05, 0) is 20.3 Å². The number of nitrogens with one attached hydrogen (secondary N) is 1. The quantitative estimate of drug-likeness (QED) is 0.653. The highest BCUT2D eigenvalue weighted by atomic mass is 32.2. The van der Waals surface area contributed by atoms with E-state index < -0.39 is 21.3 Å². The van der Waals surface area contributed by atoms with Crippen LogP contribution in [0.3, 0.4) is 0 Å². The monoisotopic (exact) mass is 222 g/mol. The lowest BCUT2D eigenvalue weighted by Gasteiger charge is -2.20. The minimum atomic E-state index is -3.26. The number of primary amides is 1. The third-order valence-corrected chi connectivity index (χ3v) is 3.40. The summed E-state index contributed by atoms with van der Waals surface area (Å²) in [6.07, 6.45) is 0.548. The molecule has 0 spiro atoms. The number of amides is 1. The number of carbonyl (C=O) groups excluding carboxylic acids is 1. The van der Waals surface area contributed by atoms with Crippen molar-refractivity contribution in [1.29, 1.82) is 0 Å². The molecule has 0 saturated heterocycles. The number of rotatable bonds is 6. The molecule has 0 aliphatic heterocycles. The summed E-state index contributed by atoms with van der Waals surface area (Å²) < 4.78 is 24.8. The minimum absolute atomic E-state index is 0.0463. The highest BCUT2D eigenvalue weighted by molar-refractivity contribution is 7.89. The fourth-order valence-electron chi connectivity index (χ4n) is 0.718. The van der Waals surface area contributed by atoms with Crippen LogP contribution in [0.1, 0.15) is 27.2 Å². The van der Waals surface area contributed by atoms with Gasteiger partial charge in [0.05, 0.1) is 11.2 Å². The summed E-state index contributed by atoms with van der Waals surface area (Å²) >= 11 is 0. The van der Waals surface area contributed by atoms with Gasteiger partial charge in [0, 0.05) is 6.54 Å². The molecule has 0 bridgehead atoms. The molecule has 0 radical (unpaired) electrons. The third-order valence-electron chi connectivity index (χ3n) is 1.87. The van der Waals surface area contributed by atoms with E-state index in [1.807, 2.05) is 0 Å². The standard InChI is InChI=1S/C8H18N2O3S/c1-4-5-14(12,13)10-6-8(2,3)7(9)11/h10H,4-6H2,1-3H3,(H2,9,11). The highest BCUT2D eigenvalue weighted by Crippen LogP contribution is 2.12. The van der Waals surface area contributed by atoms with Crippen LogP contribution in [-0.4, -0.2) is 26.6 Å². The van der Waals surface area contributed by atoms with E-state index in [2.05, 4.69) is 4.72 Å². The average molecular weight is 222 g/mol. The summed E-state index contributed by atoms with van der Waals surface area (Å²) in [6, 6.07) is 0. The van der Waals surface area contributed by atoms with Crippen molar-refractivity contribution >= 4 is 15.9 Å². The number of nitrogens with two attached hydrogens (primary N) is 1. The van der Waals surface area contributed by atoms with Crippen LogP contribution in [0, 0.1) is 5.41 Å². The zero-order chi connectivity index (χ0) is 11.4. The summed E-state index contributed by atoms with van der Waals surface area (Å²) in [4.78, 5) is 10.9. The zero-order valence-electron chi connectivity index (χ0n) is 8.83. The smallest absolute Gasteiger partial charge is 0.224 e. The molecule has 0 aromatic rings. The lowest BCUT2D eigenvalue weighted by Crippen LogP contribution is -2.42. The topological polar surface area (TPSA) is 89.3 Å². The summed E-state index contributed by atoms with van der Waals surface area (Å²) in [6.45, 7) is 5.02. The fraction of sp³-hybridized carbons (Fsp3) is 0.875. The van der Waals surface area contributed by atoms with Crippen molar-refractivity contribution in [2.75, 3.05) is 12.3 Å². The molecule has 0 unspecified atom stereocenters. The van der Waals surface area contributed by atoms with Gasteiger partial charge >= 0.3 is 0 Å². The Morgan fingerprint density at radius 3 is 2.29 bits per heavy atom. The maximum atomic E-state index is 11.2. The van der Waals surface area contributed by atoms with Crippen molar-refractivity contribution in [2.45, 2.75) is 27.2 Å². The van der Waals surface area contributed by atoms with E-state index in [0.29, 0.717) is 6.42 Å². The van der Waals surface area contributed by atoms with Crippen LogP contribution >= 0.6 is 0 Å². The molecule has 0 atom stereocenters. The maximum absolute atomic E-state index is 11.2. The second-order valence-electron chi connectivity index (χ2n) is 3.89. The minimum Gasteiger partial charge on any atom is -0.369 e. The molecule has 1 amide bonds. The molecule has 5 nitrogen and oxygen atoms in total. The Morgan fingerprint density at radius 2 is 1.93 bits per heavy atom. The Hall–Kier alpha value is -0.620. The molecule has 84 valence electrons. The van der Waals surface area contributed by atoms with Crippen LogP contribution < -0.4 is 10.5 Å². The van der Waals surface area contributed by atoms with Gasteiger partial charge < -0.3 is 5.73 Å². The van der Waals surface area contributed by atoms with Crippen molar-refractivity contribution in [3.8, 4) is 0 Å². The number of carbonyl (C=O) groups is 1. The van der Waals surface area contributed by atoms with E-state index in [1.54, 1.807) is 20.8 Å². The number of hydrogen-bond donors (Lipinski definition) is 2. The lowest BCUT2D eigenvalue weighted by atomic mass is 9.93. The predicted molar refractivity (Wildman–Crippen MR) is 55.1 cm³/mol. The van der Waals surface area contributed by atoms with Crippen molar-refractivity contribution < 1.29 is 13.2 Å². The van der Waals surface area contributed by atoms with Gasteiger partial charge in [-0.25, -0.2) is 13.1 Å². The first-order valence-corrected chi connectivity index (χ1v) is 6.14. The van der Waals surface area contributed by atoms with Crippen LogP contribution in [-0.2, 0) is 14.8 Å². The van der Waals surface area contributed by atoms with Gasteiger partial charge in [-0.2, -0.15) is 0 Å². The lowest BCUT2D eigenvalue weighted by molar-refractivity contribution is -0.125. The van der Waals surface area contributed by atoms with Crippen molar-refractivity contribution in [1.82, 2.24) is 4.72 Å². The first-order valence-electron chi connectivity index (χ1n) is 4.48. The fourth-order valence-corrected chi connectivity index (χ4v) is 1.98. The van der Waals surface area contributed by atoms with E-state index in [4.69, 9.17) is 5.73 Å². The molecule has 6 heteroatoms. The molecule has 0 aliphatic rings. The summed E-state index contributed by atoms with van der Waals surface area (Å²) in [5, 5.41) is 0. The van der Waals surface area contributed by atoms with Gasteiger partial charge in [-0.15, -0.1) is 0 Å². The van der Waals surface area contributed by atoms with Crippen LogP contribution in [0.2, 0.25) is 0 Å². The molecule has 0 saturated carbocycles. The molecule has 0 rings (SSSR count). The summed E-state index contributed by atoms with van der Waals surface area (Å²) in [7, 11) is -3.26. The molecule has 14 heavy (non-hydrogen) atoms. The first kappa shape index (κ1) is 13.4. The van der Waals surface area contributed by atoms with E-state index in [9.17, 15) is 13.2 Å². The van der Waals surface area contributed by atoms with E-state index in [-0.39, 0.29) is 12.3 Å². The Balaban J connectivity index is 4.26. The van der Waals surface area contributed by atoms with Crippen LogP contribution in [0.25, 0.3) is 0 Å². The number of sulfonamides is 1. The molecule has 0 aromatic carbocycles. The third kappa shape index (κ3) is 4.57. The van der Waals surface area contributed by atoms with Gasteiger partial charge in [-0.3, -0.25) is 4.79 Å². The van der Waals surface area contributed by atoms with Crippen molar-refractivity contribution in [3.05, 3.63) is 0 Å². The molecular formula is C8H18N2O3S. The predicted octanol–water partition coefficient (Wildman–Crippen LogP) is -0.173. The van der Waals surface area contributed by atoms with Crippen LogP contribution in [0.4, 0.5) is 0 Å². The van der Waals surface area contributed by atoms with Gasteiger partial charge in [0.25, 0.3) is 0 Å². The number of hydrogen-bond acceptors (Lipinski definition) is 3.